The highest BCUT2D eigenvalue weighted by atomic mass is 35.5. The molecule has 2 heterocycles. The first-order valence-electron chi connectivity index (χ1n) is 11.0. The largest absolute Gasteiger partial charge is 0.383 e. The van der Waals surface area contributed by atoms with Crippen molar-refractivity contribution in [1.82, 2.24) is 19.9 Å². The molecule has 35 heavy (non-hydrogen) atoms. The number of nitrogens with two attached hydrogens (primary N) is 1. The van der Waals surface area contributed by atoms with Crippen LogP contribution in [0, 0.1) is 20.8 Å². The third-order valence-electron chi connectivity index (χ3n) is 5.38. The number of aromatic nitrogens is 4. The lowest BCUT2D eigenvalue weighted by Crippen LogP contribution is -2.21. The first kappa shape index (κ1) is 24.0. The summed E-state index contributed by atoms with van der Waals surface area (Å²) in [5, 5.41) is 15.2. The van der Waals surface area contributed by atoms with E-state index in [2.05, 4.69) is 32.5 Å². The Kier molecular flexibility index (Phi) is 6.88. The van der Waals surface area contributed by atoms with Gasteiger partial charge in [0.1, 0.15) is 17.9 Å². The molecule has 0 aliphatic carbocycles. The van der Waals surface area contributed by atoms with Gasteiger partial charge in [-0.2, -0.15) is 10.1 Å². The number of halogens is 1. The van der Waals surface area contributed by atoms with Gasteiger partial charge in [-0.05, 0) is 56.2 Å². The van der Waals surface area contributed by atoms with Crippen LogP contribution in [-0.4, -0.2) is 32.4 Å². The number of anilines is 3. The molecule has 0 spiro atoms. The second kappa shape index (κ2) is 10.0. The molecule has 0 atom stereocenters. The number of nitrogens with zero attached hydrogens (tertiary/aromatic N) is 4. The van der Waals surface area contributed by atoms with Gasteiger partial charge in [-0.25, -0.2) is 4.68 Å². The molecule has 0 aliphatic rings. The highest BCUT2D eigenvalue weighted by Gasteiger charge is 2.24. The van der Waals surface area contributed by atoms with E-state index in [4.69, 9.17) is 21.9 Å². The second-order valence-corrected chi connectivity index (χ2v) is 8.62. The Bertz CT molecular complexity index is 1370. The average molecular weight is 492 g/mol. The standard InChI is InChI=1S/C25H26ClN7O2/c1-5-10-28-24-20(25-30-23(32-35-25)17-6-8-18(26)9-7-17)22(27)33(31-24)13-19(34)29-21-15(3)11-14(2)12-16(21)4/h5-9,11-12H,1,10,13,27H2,2-4H3,(H,28,31)(H,29,34). The Morgan fingerprint density at radius 2 is 1.89 bits per heavy atom. The van der Waals surface area contributed by atoms with Gasteiger partial charge >= 0.3 is 0 Å². The molecule has 0 aliphatic heterocycles. The summed E-state index contributed by atoms with van der Waals surface area (Å²) in [6.07, 6.45) is 1.68. The van der Waals surface area contributed by atoms with Crippen molar-refractivity contribution in [1.29, 1.82) is 0 Å². The van der Waals surface area contributed by atoms with Gasteiger partial charge in [-0.3, -0.25) is 4.79 Å². The zero-order chi connectivity index (χ0) is 25.1. The van der Waals surface area contributed by atoms with Crippen molar-refractivity contribution in [3.8, 4) is 22.8 Å². The van der Waals surface area contributed by atoms with E-state index in [1.165, 1.54) is 4.68 Å². The molecule has 0 saturated carbocycles. The van der Waals surface area contributed by atoms with Crippen molar-refractivity contribution in [2.75, 3.05) is 22.9 Å². The van der Waals surface area contributed by atoms with Gasteiger partial charge in [0.2, 0.25) is 11.7 Å². The van der Waals surface area contributed by atoms with Gasteiger partial charge in [-0.1, -0.05) is 40.5 Å². The average Bonchev–Trinajstić information content (AvgIpc) is 3.40. The Balaban J connectivity index is 1.63. The number of carbonyl (C=O) groups excluding carboxylic acids is 1. The van der Waals surface area contributed by atoms with Crippen LogP contribution in [0.25, 0.3) is 22.8 Å². The lowest BCUT2D eigenvalue weighted by Gasteiger charge is -2.13. The molecule has 2 aromatic carbocycles. The fraction of sp³-hybridized carbons (Fsp3) is 0.200. The molecule has 4 rings (SSSR count). The minimum Gasteiger partial charge on any atom is -0.383 e. The first-order chi connectivity index (χ1) is 16.8. The van der Waals surface area contributed by atoms with Gasteiger partial charge < -0.3 is 20.9 Å². The molecule has 0 saturated heterocycles. The predicted octanol–water partition coefficient (Wildman–Crippen LogP) is 5.00. The van der Waals surface area contributed by atoms with Crippen LogP contribution < -0.4 is 16.4 Å². The molecule has 9 nitrogen and oxygen atoms in total. The second-order valence-electron chi connectivity index (χ2n) is 8.19. The van der Waals surface area contributed by atoms with Crippen molar-refractivity contribution in [2.45, 2.75) is 27.3 Å². The zero-order valence-electron chi connectivity index (χ0n) is 19.7. The van der Waals surface area contributed by atoms with Crippen LogP contribution in [0.3, 0.4) is 0 Å². The Hall–Kier alpha value is -4.11. The lowest BCUT2D eigenvalue weighted by molar-refractivity contribution is -0.116. The maximum absolute atomic E-state index is 12.9. The Morgan fingerprint density at radius 3 is 2.54 bits per heavy atom. The highest BCUT2D eigenvalue weighted by molar-refractivity contribution is 6.30. The van der Waals surface area contributed by atoms with Gasteiger partial charge in [0.15, 0.2) is 5.82 Å². The van der Waals surface area contributed by atoms with Gasteiger partial charge in [0.05, 0.1) is 0 Å². The van der Waals surface area contributed by atoms with Crippen molar-refractivity contribution < 1.29 is 9.32 Å². The first-order valence-corrected chi connectivity index (χ1v) is 11.3. The minimum atomic E-state index is -0.261. The molecular formula is C25H26ClN7O2. The van der Waals surface area contributed by atoms with Crippen molar-refractivity contribution in [3.05, 3.63) is 70.8 Å². The lowest BCUT2D eigenvalue weighted by atomic mass is 10.1. The van der Waals surface area contributed by atoms with Gasteiger partial charge in [-0.15, -0.1) is 6.58 Å². The molecule has 180 valence electrons. The summed E-state index contributed by atoms with van der Waals surface area (Å²) < 4.78 is 6.90. The maximum atomic E-state index is 12.9. The number of nitrogens with one attached hydrogen (secondary N) is 2. The number of hydrogen-bond acceptors (Lipinski definition) is 7. The molecule has 0 unspecified atom stereocenters. The molecule has 10 heteroatoms. The maximum Gasteiger partial charge on any atom is 0.265 e. The number of aryl methyl sites for hydroxylation is 3. The van der Waals surface area contributed by atoms with Crippen LogP contribution in [0.5, 0.6) is 0 Å². The molecular weight excluding hydrogens is 466 g/mol. The van der Waals surface area contributed by atoms with Crippen LogP contribution in [0.15, 0.2) is 53.6 Å². The summed E-state index contributed by atoms with van der Waals surface area (Å²) in [5.74, 6) is 0.917. The molecule has 0 bridgehead atoms. The quantitative estimate of drug-likeness (QED) is 0.296. The van der Waals surface area contributed by atoms with Crippen molar-refractivity contribution >= 4 is 34.8 Å². The number of carbonyl (C=O) groups is 1. The summed E-state index contributed by atoms with van der Waals surface area (Å²) in [6.45, 7) is 9.99. The third-order valence-corrected chi connectivity index (χ3v) is 5.63. The van der Waals surface area contributed by atoms with E-state index in [1.54, 1.807) is 30.3 Å². The number of nitrogen functional groups attached to an aromatic ring is 1. The zero-order valence-corrected chi connectivity index (χ0v) is 20.5. The van der Waals surface area contributed by atoms with Crippen LogP contribution in [0.2, 0.25) is 5.02 Å². The van der Waals surface area contributed by atoms with Crippen LogP contribution in [0.1, 0.15) is 16.7 Å². The van der Waals surface area contributed by atoms with Crippen LogP contribution in [-0.2, 0) is 11.3 Å². The van der Waals surface area contributed by atoms with Crippen LogP contribution >= 0.6 is 11.6 Å². The monoisotopic (exact) mass is 491 g/mol. The number of hydrogen-bond donors (Lipinski definition) is 3. The van der Waals surface area contributed by atoms with E-state index >= 15 is 0 Å². The molecule has 1 amide bonds. The van der Waals surface area contributed by atoms with E-state index < -0.39 is 0 Å². The minimum absolute atomic E-state index is 0.0977. The highest BCUT2D eigenvalue weighted by Crippen LogP contribution is 2.34. The molecule has 4 aromatic rings. The van der Waals surface area contributed by atoms with E-state index in [0.29, 0.717) is 28.8 Å². The topological polar surface area (TPSA) is 124 Å². The molecule has 0 fully saturated rings. The Labute approximate surface area is 208 Å². The third kappa shape index (κ3) is 5.20. The van der Waals surface area contributed by atoms with Crippen molar-refractivity contribution in [2.24, 2.45) is 0 Å². The number of rotatable bonds is 8. The predicted molar refractivity (Wildman–Crippen MR) is 138 cm³/mol. The van der Waals surface area contributed by atoms with E-state index in [9.17, 15) is 4.79 Å². The van der Waals surface area contributed by atoms with E-state index in [0.717, 1.165) is 27.9 Å². The number of amides is 1. The Morgan fingerprint density at radius 1 is 1.20 bits per heavy atom. The number of benzene rings is 2. The molecule has 0 radical (unpaired) electrons. The summed E-state index contributed by atoms with van der Waals surface area (Å²) in [5.41, 5.74) is 11.4. The summed E-state index contributed by atoms with van der Waals surface area (Å²) in [7, 11) is 0. The fourth-order valence-corrected chi connectivity index (χ4v) is 3.96. The summed E-state index contributed by atoms with van der Waals surface area (Å²) >= 11 is 5.97. The molecule has 4 N–H and O–H groups in total. The van der Waals surface area contributed by atoms with Crippen LogP contribution in [0.4, 0.5) is 17.3 Å². The smallest absolute Gasteiger partial charge is 0.265 e. The normalized spacial score (nSPS) is 10.9. The summed E-state index contributed by atoms with van der Waals surface area (Å²) in [6, 6.07) is 11.1. The van der Waals surface area contributed by atoms with Crippen molar-refractivity contribution in [3.63, 3.8) is 0 Å². The van der Waals surface area contributed by atoms with E-state index in [1.807, 2.05) is 32.9 Å². The van der Waals surface area contributed by atoms with E-state index in [-0.39, 0.29) is 24.2 Å². The van der Waals surface area contributed by atoms with Gasteiger partial charge in [0, 0.05) is 22.8 Å². The fourth-order valence-electron chi connectivity index (χ4n) is 3.83. The summed E-state index contributed by atoms with van der Waals surface area (Å²) in [4.78, 5) is 17.4. The van der Waals surface area contributed by atoms with Gasteiger partial charge in [0.25, 0.3) is 5.89 Å². The SMILES string of the molecule is C=CCNc1nn(CC(=O)Nc2c(C)cc(C)cc2C)c(N)c1-c1nc(-c2ccc(Cl)cc2)no1. The molecule has 2 aromatic heterocycles.